The standard InChI is InChI=1S/C20H18F2N2O5/c21-15-7-6-14(10-16(15)22)24-18(26)11-23-19(27)12-29-20(28)9-8-17(25)13-4-2-1-3-5-13/h1-7,10H,8-9,11-12H2,(H,23,27)(H,24,26). The topological polar surface area (TPSA) is 102 Å². The van der Waals surface area contributed by atoms with Crippen LogP contribution in [-0.2, 0) is 19.1 Å². The molecule has 0 saturated carbocycles. The number of esters is 1. The normalized spacial score (nSPS) is 10.1. The number of halogens is 2. The number of Topliss-reactive ketones (excluding diaryl/α,β-unsaturated/α-hetero) is 1. The Hall–Kier alpha value is -3.62. The molecule has 2 rings (SSSR count). The molecule has 152 valence electrons. The Morgan fingerprint density at radius 2 is 1.59 bits per heavy atom. The van der Waals surface area contributed by atoms with Crippen LogP contribution in [0.4, 0.5) is 14.5 Å². The fourth-order valence-electron chi connectivity index (χ4n) is 2.21. The van der Waals surface area contributed by atoms with Crippen molar-refractivity contribution in [2.45, 2.75) is 12.8 Å². The predicted octanol–water partition coefficient (Wildman–Crippen LogP) is 2.23. The van der Waals surface area contributed by atoms with E-state index in [9.17, 15) is 28.0 Å². The predicted molar refractivity (Wildman–Crippen MR) is 99.0 cm³/mol. The highest BCUT2D eigenvalue weighted by molar-refractivity contribution is 5.97. The molecule has 0 aliphatic heterocycles. The molecule has 0 aliphatic carbocycles. The van der Waals surface area contributed by atoms with Crippen LogP contribution in [0.2, 0.25) is 0 Å². The van der Waals surface area contributed by atoms with Gasteiger partial charge in [0, 0.05) is 23.7 Å². The summed E-state index contributed by atoms with van der Waals surface area (Å²) in [6.45, 7) is -1.07. The van der Waals surface area contributed by atoms with Crippen molar-refractivity contribution in [1.82, 2.24) is 5.32 Å². The number of nitrogens with one attached hydrogen (secondary N) is 2. The van der Waals surface area contributed by atoms with Crippen LogP contribution in [0.15, 0.2) is 48.5 Å². The van der Waals surface area contributed by atoms with Gasteiger partial charge in [-0.1, -0.05) is 30.3 Å². The molecule has 0 atom stereocenters. The van der Waals surface area contributed by atoms with E-state index in [-0.39, 0.29) is 24.3 Å². The zero-order valence-electron chi connectivity index (χ0n) is 15.2. The van der Waals surface area contributed by atoms with Gasteiger partial charge in [0.15, 0.2) is 24.0 Å². The van der Waals surface area contributed by atoms with Gasteiger partial charge in [0.1, 0.15) is 0 Å². The second kappa shape index (κ2) is 10.6. The lowest BCUT2D eigenvalue weighted by Gasteiger charge is -2.08. The van der Waals surface area contributed by atoms with Crippen molar-refractivity contribution in [3.63, 3.8) is 0 Å². The van der Waals surface area contributed by atoms with E-state index in [1.54, 1.807) is 30.3 Å². The molecule has 0 spiro atoms. The molecule has 2 amide bonds. The average molecular weight is 404 g/mol. The number of amides is 2. The average Bonchev–Trinajstić information content (AvgIpc) is 2.72. The highest BCUT2D eigenvalue weighted by Gasteiger charge is 2.13. The summed E-state index contributed by atoms with van der Waals surface area (Å²) >= 11 is 0. The van der Waals surface area contributed by atoms with E-state index >= 15 is 0 Å². The molecule has 0 fully saturated rings. The Kier molecular flexibility index (Phi) is 7.96. The van der Waals surface area contributed by atoms with Gasteiger partial charge in [-0.3, -0.25) is 19.2 Å². The summed E-state index contributed by atoms with van der Waals surface area (Å²) in [7, 11) is 0. The summed E-state index contributed by atoms with van der Waals surface area (Å²) < 4.78 is 30.6. The van der Waals surface area contributed by atoms with Crippen LogP contribution in [0.5, 0.6) is 0 Å². The number of anilines is 1. The molecule has 2 aromatic rings. The van der Waals surface area contributed by atoms with E-state index in [4.69, 9.17) is 4.74 Å². The molecule has 0 aliphatic rings. The van der Waals surface area contributed by atoms with Crippen molar-refractivity contribution in [1.29, 1.82) is 0 Å². The number of carbonyl (C=O) groups excluding carboxylic acids is 4. The number of hydrogen-bond acceptors (Lipinski definition) is 5. The maximum Gasteiger partial charge on any atom is 0.306 e. The summed E-state index contributed by atoms with van der Waals surface area (Å²) in [6, 6.07) is 11.3. The monoisotopic (exact) mass is 404 g/mol. The fraction of sp³-hybridized carbons (Fsp3) is 0.200. The van der Waals surface area contributed by atoms with E-state index in [1.165, 1.54) is 0 Å². The summed E-state index contributed by atoms with van der Waals surface area (Å²) in [4.78, 5) is 46.8. The Balaban J connectivity index is 1.64. The van der Waals surface area contributed by atoms with Crippen molar-refractivity contribution < 1.29 is 32.7 Å². The third kappa shape index (κ3) is 7.49. The van der Waals surface area contributed by atoms with Gasteiger partial charge in [-0.2, -0.15) is 0 Å². The van der Waals surface area contributed by atoms with E-state index in [1.807, 2.05) is 0 Å². The van der Waals surface area contributed by atoms with Gasteiger partial charge in [-0.15, -0.1) is 0 Å². The Morgan fingerprint density at radius 1 is 0.862 bits per heavy atom. The van der Waals surface area contributed by atoms with E-state index in [0.717, 1.165) is 18.2 Å². The maximum atomic E-state index is 13.1. The van der Waals surface area contributed by atoms with Crippen molar-refractivity contribution in [3.8, 4) is 0 Å². The lowest BCUT2D eigenvalue weighted by Crippen LogP contribution is -2.35. The molecule has 0 radical (unpaired) electrons. The summed E-state index contributed by atoms with van der Waals surface area (Å²) in [5.74, 6) is -4.53. The quantitative estimate of drug-likeness (QED) is 0.493. The van der Waals surface area contributed by atoms with Crippen molar-refractivity contribution in [2.24, 2.45) is 0 Å². The number of ether oxygens (including phenoxy) is 1. The summed E-state index contributed by atoms with van der Waals surface area (Å²) in [5.41, 5.74) is 0.503. The van der Waals surface area contributed by atoms with Crippen LogP contribution < -0.4 is 10.6 Å². The number of benzene rings is 2. The molecule has 0 unspecified atom stereocenters. The maximum absolute atomic E-state index is 13.1. The van der Waals surface area contributed by atoms with Gasteiger partial charge < -0.3 is 15.4 Å². The third-order valence-electron chi connectivity index (χ3n) is 3.67. The zero-order valence-corrected chi connectivity index (χ0v) is 15.2. The van der Waals surface area contributed by atoms with Crippen LogP contribution >= 0.6 is 0 Å². The number of ketones is 1. The molecule has 0 heterocycles. The molecule has 0 aromatic heterocycles. The van der Waals surface area contributed by atoms with Gasteiger partial charge in [0.05, 0.1) is 13.0 Å². The SMILES string of the molecule is O=C(COC(=O)CCC(=O)c1ccccc1)NCC(=O)Nc1ccc(F)c(F)c1. The number of carbonyl (C=O) groups is 4. The van der Waals surface area contributed by atoms with Crippen LogP contribution in [0, 0.1) is 11.6 Å². The third-order valence-corrected chi connectivity index (χ3v) is 3.67. The van der Waals surface area contributed by atoms with Crippen LogP contribution in [0.3, 0.4) is 0 Å². The van der Waals surface area contributed by atoms with Crippen molar-refractivity contribution in [3.05, 3.63) is 65.7 Å². The highest BCUT2D eigenvalue weighted by atomic mass is 19.2. The summed E-state index contributed by atoms with van der Waals surface area (Å²) in [5, 5.41) is 4.48. The molecular formula is C20H18F2N2O5. The minimum Gasteiger partial charge on any atom is -0.456 e. The second-order valence-electron chi connectivity index (χ2n) is 5.90. The summed E-state index contributed by atoms with van der Waals surface area (Å²) in [6.07, 6.45) is -0.237. The first-order chi connectivity index (χ1) is 13.8. The van der Waals surface area contributed by atoms with Gasteiger partial charge in [-0.25, -0.2) is 8.78 Å². The molecule has 2 aromatic carbocycles. The van der Waals surface area contributed by atoms with Crippen LogP contribution in [-0.4, -0.2) is 36.7 Å². The van der Waals surface area contributed by atoms with Crippen molar-refractivity contribution >= 4 is 29.3 Å². The van der Waals surface area contributed by atoms with Crippen molar-refractivity contribution in [2.75, 3.05) is 18.5 Å². The molecular weight excluding hydrogens is 386 g/mol. The van der Waals surface area contributed by atoms with Gasteiger partial charge in [0.2, 0.25) is 5.91 Å². The minimum absolute atomic E-state index is 0.0256. The van der Waals surface area contributed by atoms with E-state index < -0.39 is 42.6 Å². The van der Waals surface area contributed by atoms with Gasteiger partial charge in [-0.05, 0) is 12.1 Å². The largest absolute Gasteiger partial charge is 0.456 e. The lowest BCUT2D eigenvalue weighted by molar-refractivity contribution is -0.148. The van der Waals surface area contributed by atoms with E-state index in [2.05, 4.69) is 10.6 Å². The van der Waals surface area contributed by atoms with Gasteiger partial charge >= 0.3 is 5.97 Å². The fourth-order valence-corrected chi connectivity index (χ4v) is 2.21. The highest BCUT2D eigenvalue weighted by Crippen LogP contribution is 2.12. The first-order valence-corrected chi connectivity index (χ1v) is 8.60. The molecule has 9 heteroatoms. The molecule has 2 N–H and O–H groups in total. The van der Waals surface area contributed by atoms with Crippen LogP contribution in [0.25, 0.3) is 0 Å². The lowest BCUT2D eigenvalue weighted by atomic mass is 10.1. The number of rotatable bonds is 9. The molecule has 29 heavy (non-hydrogen) atoms. The van der Waals surface area contributed by atoms with E-state index in [0.29, 0.717) is 5.56 Å². The minimum atomic E-state index is -1.12. The Bertz CT molecular complexity index is 903. The molecule has 7 nitrogen and oxygen atoms in total. The molecule has 0 saturated heterocycles. The Morgan fingerprint density at radius 3 is 2.28 bits per heavy atom. The Labute approximate surface area is 165 Å². The first-order valence-electron chi connectivity index (χ1n) is 8.60. The molecule has 0 bridgehead atoms. The zero-order chi connectivity index (χ0) is 21.2. The van der Waals surface area contributed by atoms with Crippen LogP contribution in [0.1, 0.15) is 23.2 Å². The first kappa shape index (κ1) is 21.7. The smallest absolute Gasteiger partial charge is 0.306 e. The second-order valence-corrected chi connectivity index (χ2v) is 5.90. The van der Waals surface area contributed by atoms with Gasteiger partial charge in [0.25, 0.3) is 5.91 Å². The number of hydrogen-bond donors (Lipinski definition) is 2.